The summed E-state index contributed by atoms with van der Waals surface area (Å²) >= 11 is 0. The first-order chi connectivity index (χ1) is 10.7. The van der Waals surface area contributed by atoms with Crippen LogP contribution in [0.25, 0.3) is 0 Å². The van der Waals surface area contributed by atoms with Crippen LogP contribution in [0.4, 0.5) is 5.69 Å². The van der Waals surface area contributed by atoms with Gasteiger partial charge in [0.2, 0.25) is 0 Å². The Kier molecular flexibility index (Phi) is 6.13. The maximum Gasteiger partial charge on any atom is 0.121 e. The highest BCUT2D eigenvalue weighted by Crippen LogP contribution is 2.18. The highest BCUT2D eigenvalue weighted by molar-refractivity contribution is 5.48. The van der Waals surface area contributed by atoms with E-state index >= 15 is 0 Å². The van der Waals surface area contributed by atoms with Crippen molar-refractivity contribution in [3.05, 3.63) is 54.1 Å². The molecule has 0 aliphatic heterocycles. The normalized spacial score (nSPS) is 11.8. The molecular formula is C19H25NO2. The summed E-state index contributed by atoms with van der Waals surface area (Å²) in [5.74, 6) is 1.81. The summed E-state index contributed by atoms with van der Waals surface area (Å²) in [6, 6.07) is 16.2. The second-order valence-corrected chi connectivity index (χ2v) is 5.30. The van der Waals surface area contributed by atoms with Crippen molar-refractivity contribution < 1.29 is 9.47 Å². The third-order valence-electron chi connectivity index (χ3n) is 3.46. The van der Waals surface area contributed by atoms with E-state index < -0.39 is 0 Å². The number of hydrogen-bond acceptors (Lipinski definition) is 3. The fourth-order valence-electron chi connectivity index (χ4n) is 2.17. The number of hydrogen-bond donors (Lipinski definition) is 1. The molecule has 0 bridgehead atoms. The zero-order valence-electron chi connectivity index (χ0n) is 13.6. The van der Waals surface area contributed by atoms with Crippen LogP contribution in [0.1, 0.15) is 25.8 Å². The average Bonchev–Trinajstić information content (AvgIpc) is 2.54. The number of aryl methyl sites for hydroxylation is 1. The molecule has 1 N–H and O–H groups in total. The Labute approximate surface area is 133 Å². The maximum absolute atomic E-state index is 6.02. The number of anilines is 1. The van der Waals surface area contributed by atoms with Gasteiger partial charge in [0.15, 0.2) is 0 Å². The Morgan fingerprint density at radius 3 is 2.45 bits per heavy atom. The summed E-state index contributed by atoms with van der Waals surface area (Å²) in [5.41, 5.74) is 2.29. The van der Waals surface area contributed by atoms with Gasteiger partial charge in [-0.2, -0.15) is 0 Å². The molecule has 22 heavy (non-hydrogen) atoms. The van der Waals surface area contributed by atoms with Crippen molar-refractivity contribution in [2.75, 3.05) is 18.5 Å². The van der Waals surface area contributed by atoms with E-state index in [0.717, 1.165) is 30.2 Å². The predicted molar refractivity (Wildman–Crippen MR) is 92.0 cm³/mol. The Morgan fingerprint density at radius 1 is 1.00 bits per heavy atom. The summed E-state index contributed by atoms with van der Waals surface area (Å²) in [6.07, 6.45) is 1.09. The van der Waals surface area contributed by atoms with Crippen molar-refractivity contribution in [3.63, 3.8) is 0 Å². The SMILES string of the molecule is CCOc1cccc(NCC(CC)Oc2ccc(C)cc2)c1. The van der Waals surface area contributed by atoms with E-state index in [1.54, 1.807) is 0 Å². The molecule has 0 fully saturated rings. The molecular weight excluding hydrogens is 274 g/mol. The van der Waals surface area contributed by atoms with Gasteiger partial charge in [-0.05, 0) is 44.5 Å². The van der Waals surface area contributed by atoms with Gasteiger partial charge in [0.05, 0.1) is 13.2 Å². The summed E-state index contributed by atoms with van der Waals surface area (Å²) in [4.78, 5) is 0. The van der Waals surface area contributed by atoms with E-state index in [4.69, 9.17) is 9.47 Å². The Bertz CT molecular complexity index is 566. The first kappa shape index (κ1) is 16.2. The lowest BCUT2D eigenvalue weighted by molar-refractivity contribution is 0.210. The van der Waals surface area contributed by atoms with Crippen LogP contribution in [0, 0.1) is 6.92 Å². The van der Waals surface area contributed by atoms with Crippen LogP contribution in [-0.2, 0) is 0 Å². The van der Waals surface area contributed by atoms with Crippen LogP contribution in [0.15, 0.2) is 48.5 Å². The molecule has 0 spiro atoms. The quantitative estimate of drug-likeness (QED) is 0.768. The van der Waals surface area contributed by atoms with Gasteiger partial charge in [0.1, 0.15) is 17.6 Å². The molecule has 3 nitrogen and oxygen atoms in total. The number of nitrogens with one attached hydrogen (secondary N) is 1. The van der Waals surface area contributed by atoms with Crippen molar-refractivity contribution in [1.29, 1.82) is 0 Å². The standard InChI is InChI=1S/C19H25NO2/c1-4-17(22-18-11-9-15(3)10-12-18)14-20-16-7-6-8-19(13-16)21-5-2/h6-13,17,20H,4-5,14H2,1-3H3. The lowest BCUT2D eigenvalue weighted by Crippen LogP contribution is -2.25. The average molecular weight is 299 g/mol. The molecule has 1 unspecified atom stereocenters. The fraction of sp³-hybridized carbons (Fsp3) is 0.368. The zero-order chi connectivity index (χ0) is 15.8. The van der Waals surface area contributed by atoms with Crippen LogP contribution in [-0.4, -0.2) is 19.3 Å². The summed E-state index contributed by atoms with van der Waals surface area (Å²) < 4.78 is 11.5. The minimum absolute atomic E-state index is 0.137. The molecule has 0 amide bonds. The van der Waals surface area contributed by atoms with Gasteiger partial charge >= 0.3 is 0 Å². The van der Waals surface area contributed by atoms with E-state index in [-0.39, 0.29) is 6.10 Å². The van der Waals surface area contributed by atoms with Crippen molar-refractivity contribution in [3.8, 4) is 11.5 Å². The second-order valence-electron chi connectivity index (χ2n) is 5.30. The molecule has 0 aliphatic carbocycles. The van der Waals surface area contributed by atoms with Gasteiger partial charge in [0.25, 0.3) is 0 Å². The van der Waals surface area contributed by atoms with Crippen molar-refractivity contribution in [2.45, 2.75) is 33.3 Å². The molecule has 0 radical (unpaired) electrons. The van der Waals surface area contributed by atoms with Crippen LogP contribution in [0.5, 0.6) is 11.5 Å². The minimum Gasteiger partial charge on any atom is -0.494 e. The third-order valence-corrected chi connectivity index (χ3v) is 3.46. The lowest BCUT2D eigenvalue weighted by Gasteiger charge is -2.19. The van der Waals surface area contributed by atoms with Crippen LogP contribution < -0.4 is 14.8 Å². The number of ether oxygens (including phenoxy) is 2. The molecule has 0 saturated carbocycles. The number of rotatable bonds is 8. The first-order valence-corrected chi connectivity index (χ1v) is 7.91. The molecule has 1 atom stereocenters. The van der Waals surface area contributed by atoms with E-state index in [2.05, 4.69) is 31.3 Å². The Balaban J connectivity index is 1.90. The van der Waals surface area contributed by atoms with Crippen molar-refractivity contribution >= 4 is 5.69 Å². The van der Waals surface area contributed by atoms with Crippen LogP contribution in [0.3, 0.4) is 0 Å². The van der Waals surface area contributed by atoms with Crippen molar-refractivity contribution in [1.82, 2.24) is 0 Å². The van der Waals surface area contributed by atoms with Gasteiger partial charge in [0, 0.05) is 11.8 Å². The van der Waals surface area contributed by atoms with Crippen molar-refractivity contribution in [2.24, 2.45) is 0 Å². The van der Waals surface area contributed by atoms with Gasteiger partial charge < -0.3 is 14.8 Å². The van der Waals surface area contributed by atoms with E-state index in [9.17, 15) is 0 Å². The molecule has 2 aromatic carbocycles. The zero-order valence-corrected chi connectivity index (χ0v) is 13.6. The lowest BCUT2D eigenvalue weighted by atomic mass is 10.2. The Morgan fingerprint density at radius 2 is 1.77 bits per heavy atom. The molecule has 118 valence electrons. The molecule has 0 aromatic heterocycles. The summed E-state index contributed by atoms with van der Waals surface area (Å²) in [7, 11) is 0. The fourth-order valence-corrected chi connectivity index (χ4v) is 2.17. The minimum atomic E-state index is 0.137. The van der Waals surface area contributed by atoms with Crippen LogP contribution >= 0.6 is 0 Å². The molecule has 0 heterocycles. The van der Waals surface area contributed by atoms with Gasteiger partial charge in [-0.25, -0.2) is 0 Å². The largest absolute Gasteiger partial charge is 0.494 e. The molecule has 2 aromatic rings. The smallest absolute Gasteiger partial charge is 0.121 e. The molecule has 3 heteroatoms. The van der Waals surface area contributed by atoms with E-state index in [0.29, 0.717) is 6.61 Å². The van der Waals surface area contributed by atoms with Gasteiger partial charge in [-0.15, -0.1) is 0 Å². The molecule has 0 saturated heterocycles. The summed E-state index contributed by atoms with van der Waals surface area (Å²) in [6.45, 7) is 7.64. The predicted octanol–water partition coefficient (Wildman–Crippen LogP) is 4.66. The summed E-state index contributed by atoms with van der Waals surface area (Å²) in [5, 5.41) is 3.42. The molecule has 0 aliphatic rings. The highest BCUT2D eigenvalue weighted by atomic mass is 16.5. The first-order valence-electron chi connectivity index (χ1n) is 7.91. The van der Waals surface area contributed by atoms with Gasteiger partial charge in [-0.3, -0.25) is 0 Å². The maximum atomic E-state index is 6.02. The van der Waals surface area contributed by atoms with Crippen LogP contribution in [0.2, 0.25) is 0 Å². The second kappa shape index (κ2) is 8.32. The third kappa shape index (κ3) is 4.99. The Hall–Kier alpha value is -2.16. The van der Waals surface area contributed by atoms with E-state index in [1.165, 1.54) is 5.56 Å². The monoisotopic (exact) mass is 299 g/mol. The van der Waals surface area contributed by atoms with E-state index in [1.807, 2.05) is 43.3 Å². The topological polar surface area (TPSA) is 30.5 Å². The highest BCUT2D eigenvalue weighted by Gasteiger charge is 2.08. The van der Waals surface area contributed by atoms with Gasteiger partial charge in [-0.1, -0.05) is 30.7 Å². The number of benzene rings is 2. The molecule has 2 rings (SSSR count).